The van der Waals surface area contributed by atoms with Gasteiger partial charge in [-0.25, -0.2) is 4.79 Å². The number of carboxylic acids is 1. The number of rotatable bonds is 7. The first-order chi connectivity index (χ1) is 9.02. The highest BCUT2D eigenvalue weighted by molar-refractivity contribution is 6.04. The van der Waals surface area contributed by atoms with E-state index >= 15 is 0 Å². The van der Waals surface area contributed by atoms with Crippen molar-refractivity contribution in [2.45, 2.75) is 19.3 Å². The summed E-state index contributed by atoms with van der Waals surface area (Å²) >= 11 is 0. The van der Waals surface area contributed by atoms with Crippen LogP contribution in [0.25, 0.3) is 0 Å². The van der Waals surface area contributed by atoms with Crippen LogP contribution in [0.2, 0.25) is 0 Å². The van der Waals surface area contributed by atoms with Crippen molar-refractivity contribution in [1.29, 1.82) is 0 Å². The summed E-state index contributed by atoms with van der Waals surface area (Å²) in [6.07, 6.45) is 3.93. The number of carbonyl (C=O) groups excluding carboxylic acids is 2. The molecule has 1 aromatic heterocycles. The van der Waals surface area contributed by atoms with Crippen molar-refractivity contribution in [1.82, 2.24) is 10.3 Å². The van der Waals surface area contributed by atoms with Gasteiger partial charge in [-0.3, -0.25) is 14.6 Å². The van der Waals surface area contributed by atoms with Crippen molar-refractivity contribution < 1.29 is 19.5 Å². The van der Waals surface area contributed by atoms with Gasteiger partial charge in [-0.1, -0.05) is 0 Å². The van der Waals surface area contributed by atoms with Gasteiger partial charge in [0.15, 0.2) is 0 Å². The van der Waals surface area contributed by atoms with E-state index in [0.29, 0.717) is 19.4 Å². The molecule has 19 heavy (non-hydrogen) atoms. The molecule has 0 saturated carbocycles. The summed E-state index contributed by atoms with van der Waals surface area (Å²) in [6.45, 7) is 0.355. The van der Waals surface area contributed by atoms with Crippen molar-refractivity contribution in [3.63, 3.8) is 0 Å². The van der Waals surface area contributed by atoms with Crippen LogP contribution in [-0.2, 0) is 4.79 Å². The number of carboxylic acid groups (broad SMARTS) is 1. The molecule has 1 heterocycles. The second-order valence-corrected chi connectivity index (χ2v) is 3.91. The number of nitrogens with two attached hydrogens (primary N) is 1. The van der Waals surface area contributed by atoms with Crippen molar-refractivity contribution in [3.05, 3.63) is 29.6 Å². The monoisotopic (exact) mass is 265 g/mol. The zero-order valence-electron chi connectivity index (χ0n) is 10.3. The predicted molar refractivity (Wildman–Crippen MR) is 66.6 cm³/mol. The molecule has 0 aliphatic rings. The van der Waals surface area contributed by atoms with Crippen LogP contribution in [0, 0.1) is 0 Å². The van der Waals surface area contributed by atoms with Gasteiger partial charge in [0.05, 0.1) is 11.1 Å². The quantitative estimate of drug-likeness (QED) is 0.606. The molecule has 0 fully saturated rings. The number of primary amides is 1. The van der Waals surface area contributed by atoms with Gasteiger partial charge in [0.2, 0.25) is 5.91 Å². The average Bonchev–Trinajstić information content (AvgIpc) is 2.37. The Kier molecular flexibility index (Phi) is 5.46. The number of carbonyl (C=O) groups is 3. The van der Waals surface area contributed by atoms with Gasteiger partial charge in [-0.05, 0) is 18.9 Å². The molecule has 0 radical (unpaired) electrons. The molecule has 2 amide bonds. The summed E-state index contributed by atoms with van der Waals surface area (Å²) in [6, 6.07) is 1.35. The number of unbranched alkanes of at least 4 members (excludes halogenated alkanes) is 1. The van der Waals surface area contributed by atoms with Gasteiger partial charge >= 0.3 is 5.97 Å². The fourth-order valence-electron chi connectivity index (χ4n) is 1.48. The Morgan fingerprint density at radius 3 is 2.63 bits per heavy atom. The van der Waals surface area contributed by atoms with Crippen LogP contribution >= 0.6 is 0 Å². The first kappa shape index (κ1) is 14.6. The van der Waals surface area contributed by atoms with Crippen molar-refractivity contribution in [2.75, 3.05) is 6.54 Å². The predicted octanol–water partition coefficient (Wildman–Crippen LogP) is 0.165. The maximum Gasteiger partial charge on any atom is 0.338 e. The lowest BCUT2D eigenvalue weighted by Crippen LogP contribution is -2.26. The van der Waals surface area contributed by atoms with Gasteiger partial charge in [0.25, 0.3) is 5.91 Å². The zero-order chi connectivity index (χ0) is 14.3. The van der Waals surface area contributed by atoms with E-state index in [-0.39, 0.29) is 23.5 Å². The molecule has 0 aliphatic carbocycles. The maximum atomic E-state index is 11.8. The minimum atomic E-state index is -1.20. The van der Waals surface area contributed by atoms with Crippen LogP contribution < -0.4 is 11.1 Å². The lowest BCUT2D eigenvalue weighted by Gasteiger charge is -2.06. The highest BCUT2D eigenvalue weighted by atomic mass is 16.4. The van der Waals surface area contributed by atoms with Gasteiger partial charge in [0, 0.05) is 25.4 Å². The van der Waals surface area contributed by atoms with Gasteiger partial charge in [-0.15, -0.1) is 0 Å². The summed E-state index contributed by atoms with van der Waals surface area (Å²) in [7, 11) is 0. The summed E-state index contributed by atoms with van der Waals surface area (Å²) in [4.78, 5) is 36.8. The lowest BCUT2D eigenvalue weighted by molar-refractivity contribution is -0.118. The van der Waals surface area contributed by atoms with E-state index in [4.69, 9.17) is 10.8 Å². The van der Waals surface area contributed by atoms with Crippen molar-refractivity contribution in [3.8, 4) is 0 Å². The number of aromatic carboxylic acids is 1. The molecule has 102 valence electrons. The van der Waals surface area contributed by atoms with Gasteiger partial charge in [-0.2, -0.15) is 0 Å². The Morgan fingerprint density at radius 2 is 2.00 bits per heavy atom. The molecule has 4 N–H and O–H groups in total. The third-order valence-corrected chi connectivity index (χ3v) is 2.43. The number of amides is 2. The van der Waals surface area contributed by atoms with E-state index < -0.39 is 11.9 Å². The average molecular weight is 265 g/mol. The molecular formula is C12H15N3O4. The largest absolute Gasteiger partial charge is 0.478 e. The van der Waals surface area contributed by atoms with Crippen LogP contribution in [0.3, 0.4) is 0 Å². The molecule has 7 heteroatoms. The minimum Gasteiger partial charge on any atom is -0.478 e. The second-order valence-electron chi connectivity index (χ2n) is 3.91. The molecule has 0 saturated heterocycles. The zero-order valence-corrected chi connectivity index (χ0v) is 10.3. The Morgan fingerprint density at radius 1 is 1.26 bits per heavy atom. The van der Waals surface area contributed by atoms with Crippen LogP contribution in [0.4, 0.5) is 0 Å². The lowest BCUT2D eigenvalue weighted by atomic mass is 10.1. The van der Waals surface area contributed by atoms with Gasteiger partial charge < -0.3 is 16.2 Å². The van der Waals surface area contributed by atoms with E-state index in [1.165, 1.54) is 12.3 Å². The molecule has 0 spiro atoms. The highest BCUT2D eigenvalue weighted by Crippen LogP contribution is 2.06. The van der Waals surface area contributed by atoms with Crippen molar-refractivity contribution in [2.24, 2.45) is 5.73 Å². The first-order valence-corrected chi connectivity index (χ1v) is 5.76. The molecule has 1 aromatic rings. The van der Waals surface area contributed by atoms with E-state index in [1.54, 1.807) is 0 Å². The minimum absolute atomic E-state index is 0.0670. The van der Waals surface area contributed by atoms with Gasteiger partial charge in [0.1, 0.15) is 0 Å². The Balaban J connectivity index is 2.50. The Hall–Kier alpha value is -2.44. The summed E-state index contributed by atoms with van der Waals surface area (Å²) < 4.78 is 0. The number of aromatic nitrogens is 1. The van der Waals surface area contributed by atoms with Crippen molar-refractivity contribution >= 4 is 17.8 Å². The molecule has 7 nitrogen and oxygen atoms in total. The standard InChI is InChI=1S/C12H15N3O4/c13-10(16)3-1-2-5-15-11(17)8-4-6-14-7-9(8)12(18)19/h4,6-7H,1-3,5H2,(H2,13,16)(H,15,17)(H,18,19). The Labute approximate surface area is 109 Å². The van der Waals surface area contributed by atoms with E-state index in [9.17, 15) is 14.4 Å². The molecule has 0 aliphatic heterocycles. The molecular weight excluding hydrogens is 250 g/mol. The topological polar surface area (TPSA) is 122 Å². The number of hydrogen-bond donors (Lipinski definition) is 3. The maximum absolute atomic E-state index is 11.8. The number of hydrogen-bond acceptors (Lipinski definition) is 4. The number of pyridine rings is 1. The Bertz CT molecular complexity index is 488. The van der Waals surface area contributed by atoms with E-state index in [0.717, 1.165) is 6.20 Å². The molecule has 1 rings (SSSR count). The van der Waals surface area contributed by atoms with Crippen LogP contribution in [0.5, 0.6) is 0 Å². The molecule has 0 bridgehead atoms. The molecule has 0 unspecified atom stereocenters. The van der Waals surface area contributed by atoms with Crippen LogP contribution in [0.1, 0.15) is 40.0 Å². The fourth-order valence-corrected chi connectivity index (χ4v) is 1.48. The third kappa shape index (κ3) is 4.74. The fraction of sp³-hybridized carbons (Fsp3) is 0.333. The number of nitrogens with one attached hydrogen (secondary N) is 1. The second kappa shape index (κ2) is 7.10. The normalized spacial score (nSPS) is 9.89. The smallest absolute Gasteiger partial charge is 0.338 e. The molecule has 0 atom stereocenters. The molecule has 0 aromatic carbocycles. The first-order valence-electron chi connectivity index (χ1n) is 5.76. The summed E-state index contributed by atoms with van der Waals surface area (Å²) in [5.41, 5.74) is 4.91. The third-order valence-electron chi connectivity index (χ3n) is 2.43. The van der Waals surface area contributed by atoms with E-state index in [1.807, 2.05) is 0 Å². The summed E-state index contributed by atoms with van der Waals surface area (Å²) in [5, 5.41) is 11.5. The van der Waals surface area contributed by atoms with E-state index in [2.05, 4.69) is 10.3 Å². The SMILES string of the molecule is NC(=O)CCCCNC(=O)c1ccncc1C(=O)O. The number of nitrogens with zero attached hydrogens (tertiary/aromatic N) is 1. The van der Waals surface area contributed by atoms with Crippen LogP contribution in [-0.4, -0.2) is 34.4 Å². The summed E-state index contributed by atoms with van der Waals surface area (Å²) in [5.74, 6) is -2.06. The highest BCUT2D eigenvalue weighted by Gasteiger charge is 2.15. The van der Waals surface area contributed by atoms with Crippen LogP contribution in [0.15, 0.2) is 18.5 Å².